The van der Waals surface area contributed by atoms with E-state index in [0.29, 0.717) is 19.0 Å². The summed E-state index contributed by atoms with van der Waals surface area (Å²) in [4.78, 5) is 76.3. The number of hydrogen-bond acceptors (Lipinski definition) is 10. The molecule has 3 aliphatic heterocycles. The van der Waals surface area contributed by atoms with Crippen LogP contribution in [0.15, 0.2) is 53.7 Å². The minimum absolute atomic E-state index is 0.0130. The number of aromatic nitrogens is 4. The summed E-state index contributed by atoms with van der Waals surface area (Å²) < 4.78 is 21.5. The monoisotopic (exact) mass is 848 g/mol. The van der Waals surface area contributed by atoms with Crippen LogP contribution in [0.5, 0.6) is 5.75 Å². The number of methoxy groups -OCH3 is 3. The third kappa shape index (κ3) is 7.96. The van der Waals surface area contributed by atoms with Crippen molar-refractivity contribution in [3.05, 3.63) is 71.6 Å². The SMILES string of the molecule is COC(=O)/N=C/C(C(=O)N1C[C@@H](C)CC1c1nc2ccc3cc4c(cc3c2[nH]1)OCC1C=C(c2cnc(C3CC[C@H](C)N3C(=O)[C@@H](NC(=O)OC)C(C)C)[nH]2)C=CC41)[C@H](C)OC. The van der Waals surface area contributed by atoms with Gasteiger partial charge >= 0.3 is 12.2 Å². The average molecular weight is 849 g/mol. The molecule has 0 saturated carbocycles. The number of benzene rings is 2. The van der Waals surface area contributed by atoms with Gasteiger partial charge < -0.3 is 44.0 Å². The number of nitrogens with one attached hydrogen (secondary N) is 3. The topological polar surface area (TPSA) is 193 Å². The average Bonchev–Trinajstić information content (AvgIpc) is 4.09. The number of alkyl carbamates (subject to hydrolysis) is 1. The lowest BCUT2D eigenvalue weighted by molar-refractivity contribution is -0.138. The van der Waals surface area contributed by atoms with Crippen molar-refractivity contribution in [1.82, 2.24) is 35.1 Å². The summed E-state index contributed by atoms with van der Waals surface area (Å²) in [7, 11) is 4.06. The highest BCUT2D eigenvalue weighted by molar-refractivity contribution is 6.05. The summed E-state index contributed by atoms with van der Waals surface area (Å²) in [6.07, 6.45) is 10.1. The number of nitrogens with zero attached hydrogens (tertiary/aromatic N) is 5. The number of aromatic amines is 2. The summed E-state index contributed by atoms with van der Waals surface area (Å²) in [5.74, 6) is 1.40. The van der Waals surface area contributed by atoms with Crippen molar-refractivity contribution in [2.75, 3.05) is 34.5 Å². The van der Waals surface area contributed by atoms with Gasteiger partial charge in [-0.3, -0.25) is 9.59 Å². The fraction of sp³-hybridized carbons (Fsp3) is 0.500. The lowest BCUT2D eigenvalue weighted by atomic mass is 9.78. The first-order valence-electron chi connectivity index (χ1n) is 21.5. The standard InChI is InChI=1S/C46H56N8O8/c1-23(2)39(52-46(58)61-8)44(56)54-25(4)9-14-36(54)41-47-20-35(50-41)28-10-12-30-29(16-28)22-62-38-18-31-27(17-32(30)38)11-13-34-40(31)51-42(49-34)37-15-24(3)21-53(37)43(55)33(26(5)59-6)19-48-45(57)60-7/h10-13,16-20,23-26,29-30,33,36-37,39H,9,14-15,21-22H2,1-8H3,(H,47,50)(H,49,51)(H,52,58)/b48-19+/t24-,25-,26-,29?,30?,33?,36?,37?,39-/m0/s1. The number of rotatable bonds is 10. The van der Waals surface area contributed by atoms with Crippen molar-refractivity contribution in [3.8, 4) is 5.75 Å². The number of likely N-dealkylation sites (tertiary alicyclic amines) is 2. The molecule has 2 fully saturated rings. The number of fused-ring (bicyclic) bond motifs is 6. The van der Waals surface area contributed by atoms with E-state index in [1.165, 1.54) is 27.5 Å². The largest absolute Gasteiger partial charge is 0.493 e. The number of H-pyrrole nitrogens is 2. The molecule has 5 unspecified atom stereocenters. The molecular formula is C46H56N8O8. The van der Waals surface area contributed by atoms with Gasteiger partial charge in [0.05, 0.1) is 67.9 Å². The van der Waals surface area contributed by atoms with E-state index in [-0.39, 0.29) is 53.6 Å². The van der Waals surface area contributed by atoms with Gasteiger partial charge in [-0.15, -0.1) is 0 Å². The van der Waals surface area contributed by atoms with Crippen LogP contribution in [0.1, 0.15) is 94.8 Å². The van der Waals surface area contributed by atoms with E-state index in [0.717, 1.165) is 69.5 Å². The van der Waals surface area contributed by atoms with Gasteiger partial charge in [0.2, 0.25) is 11.8 Å². The van der Waals surface area contributed by atoms with Crippen LogP contribution in [0.3, 0.4) is 0 Å². The molecule has 0 radical (unpaired) electrons. The van der Waals surface area contributed by atoms with Crippen molar-refractivity contribution in [2.24, 2.45) is 28.7 Å². The van der Waals surface area contributed by atoms with E-state index >= 15 is 0 Å². The first kappa shape index (κ1) is 42.7. The zero-order valence-corrected chi connectivity index (χ0v) is 36.5. The van der Waals surface area contributed by atoms with Crippen molar-refractivity contribution in [3.63, 3.8) is 0 Å². The van der Waals surface area contributed by atoms with Gasteiger partial charge in [0.1, 0.15) is 23.4 Å². The summed E-state index contributed by atoms with van der Waals surface area (Å²) in [5.41, 5.74) is 4.65. The molecule has 8 rings (SSSR count). The molecule has 0 bridgehead atoms. The predicted octanol–water partition coefficient (Wildman–Crippen LogP) is 7.02. The molecule has 2 aromatic heterocycles. The highest BCUT2D eigenvalue weighted by Crippen LogP contribution is 2.46. The lowest BCUT2D eigenvalue weighted by Crippen LogP contribution is -2.52. The van der Waals surface area contributed by atoms with E-state index in [1.54, 1.807) is 6.92 Å². The van der Waals surface area contributed by atoms with Gasteiger partial charge in [0, 0.05) is 48.7 Å². The molecule has 4 aliphatic rings. The Bertz CT molecular complexity index is 2470. The molecule has 62 heavy (non-hydrogen) atoms. The molecule has 3 N–H and O–H groups in total. The fourth-order valence-corrected chi connectivity index (χ4v) is 9.61. The summed E-state index contributed by atoms with van der Waals surface area (Å²) in [5, 5.41) is 4.76. The quantitative estimate of drug-likeness (QED) is 0.140. The number of hydrogen-bond donors (Lipinski definition) is 3. The first-order chi connectivity index (χ1) is 29.8. The van der Waals surface area contributed by atoms with E-state index in [2.05, 4.69) is 68.4 Å². The Balaban J connectivity index is 1.02. The van der Waals surface area contributed by atoms with Crippen molar-refractivity contribution >= 4 is 57.6 Å². The molecule has 1 aliphatic carbocycles. The maximum Gasteiger partial charge on any atom is 0.432 e. The fourth-order valence-electron chi connectivity index (χ4n) is 9.61. The second kappa shape index (κ2) is 17.4. The second-order valence-corrected chi connectivity index (χ2v) is 17.5. The minimum atomic E-state index is -0.785. The van der Waals surface area contributed by atoms with Gasteiger partial charge in [0.15, 0.2) is 0 Å². The molecule has 5 heterocycles. The molecule has 2 aromatic carbocycles. The van der Waals surface area contributed by atoms with E-state index in [1.807, 2.05) is 42.8 Å². The normalized spacial score (nSPS) is 24.8. The molecule has 2 saturated heterocycles. The van der Waals surface area contributed by atoms with Gasteiger partial charge in [-0.05, 0) is 74.1 Å². The summed E-state index contributed by atoms with van der Waals surface area (Å²) in [6.45, 7) is 10.8. The second-order valence-electron chi connectivity index (χ2n) is 17.5. The van der Waals surface area contributed by atoms with Crippen molar-refractivity contribution < 1.29 is 38.1 Å². The number of imidazole rings is 2. The van der Waals surface area contributed by atoms with Crippen LogP contribution in [0, 0.1) is 23.7 Å². The van der Waals surface area contributed by atoms with E-state index in [9.17, 15) is 19.2 Å². The van der Waals surface area contributed by atoms with Crippen LogP contribution in [0.2, 0.25) is 0 Å². The van der Waals surface area contributed by atoms with Crippen molar-refractivity contribution in [2.45, 2.75) is 90.1 Å². The number of allylic oxidation sites excluding steroid dienone is 3. The lowest BCUT2D eigenvalue weighted by Gasteiger charge is -2.33. The Morgan fingerprint density at radius 1 is 1.00 bits per heavy atom. The molecule has 16 nitrogen and oxygen atoms in total. The maximum atomic E-state index is 14.1. The molecule has 4 aromatic rings. The van der Waals surface area contributed by atoms with E-state index in [4.69, 9.17) is 24.2 Å². The van der Waals surface area contributed by atoms with E-state index < -0.39 is 30.3 Å². The summed E-state index contributed by atoms with van der Waals surface area (Å²) >= 11 is 0. The van der Waals surface area contributed by atoms with Crippen LogP contribution in [0.4, 0.5) is 9.59 Å². The Morgan fingerprint density at radius 2 is 1.81 bits per heavy atom. The van der Waals surface area contributed by atoms with Crippen LogP contribution in [-0.4, -0.2) is 113 Å². The van der Waals surface area contributed by atoms with Crippen LogP contribution < -0.4 is 10.1 Å². The molecule has 0 spiro atoms. The van der Waals surface area contributed by atoms with Gasteiger partial charge in [-0.1, -0.05) is 45.1 Å². The molecule has 16 heteroatoms. The third-order valence-corrected chi connectivity index (χ3v) is 13.1. The van der Waals surface area contributed by atoms with Crippen LogP contribution in [0.25, 0.3) is 27.4 Å². The number of ether oxygens (including phenoxy) is 4. The van der Waals surface area contributed by atoms with Crippen molar-refractivity contribution in [1.29, 1.82) is 0 Å². The summed E-state index contributed by atoms with van der Waals surface area (Å²) in [6, 6.07) is 7.11. The molecule has 9 atom stereocenters. The highest BCUT2D eigenvalue weighted by atomic mass is 16.5. The van der Waals surface area contributed by atoms with Gasteiger partial charge in [-0.25, -0.2) is 19.6 Å². The zero-order valence-electron chi connectivity index (χ0n) is 36.5. The Hall–Kier alpha value is -6.03. The third-order valence-electron chi connectivity index (χ3n) is 13.1. The molecule has 328 valence electrons. The molecular weight excluding hydrogens is 793 g/mol. The Kier molecular flexibility index (Phi) is 12.0. The molecule has 4 amide bonds. The van der Waals surface area contributed by atoms with Gasteiger partial charge in [-0.2, -0.15) is 4.99 Å². The predicted molar refractivity (Wildman–Crippen MR) is 233 cm³/mol. The number of carbonyl (C=O) groups is 4. The number of carbonyl (C=O) groups excluding carboxylic acids is 4. The van der Waals surface area contributed by atoms with Gasteiger partial charge in [0.25, 0.3) is 0 Å². The first-order valence-corrected chi connectivity index (χ1v) is 21.5. The van der Waals surface area contributed by atoms with Crippen LogP contribution >= 0.6 is 0 Å². The smallest absolute Gasteiger partial charge is 0.432 e. The maximum absolute atomic E-state index is 14.1. The number of aliphatic imine (C=N–C) groups is 1. The van der Waals surface area contributed by atoms with Crippen LogP contribution in [-0.2, 0) is 23.8 Å². The Morgan fingerprint density at radius 3 is 2.55 bits per heavy atom. The number of amides is 4. The Labute approximate surface area is 360 Å². The highest BCUT2D eigenvalue weighted by Gasteiger charge is 2.42. The minimum Gasteiger partial charge on any atom is -0.493 e. The zero-order chi connectivity index (χ0) is 44.0.